The van der Waals surface area contributed by atoms with Crippen molar-refractivity contribution in [3.05, 3.63) is 58.6 Å². The second-order valence-electron chi connectivity index (χ2n) is 6.10. The van der Waals surface area contributed by atoms with Gasteiger partial charge in [-0.25, -0.2) is 4.79 Å². The number of halogens is 1. The fraction of sp³-hybridized carbons (Fsp3) is 0.250. The fourth-order valence-electron chi connectivity index (χ4n) is 2.23. The zero-order valence-electron chi connectivity index (χ0n) is 16.2. The summed E-state index contributed by atoms with van der Waals surface area (Å²) < 4.78 is 15.7. The van der Waals surface area contributed by atoms with Gasteiger partial charge in [-0.1, -0.05) is 29.8 Å². The minimum atomic E-state index is -0.786. The number of ether oxygens (including phenoxy) is 3. The molecule has 0 saturated carbocycles. The van der Waals surface area contributed by atoms with E-state index in [1.807, 2.05) is 13.8 Å². The molecule has 0 bridgehead atoms. The number of hydrazine groups is 1. The number of carbonyl (C=O) groups excluding carboxylic acids is 3. The largest absolute Gasteiger partial charge is 0.493 e. The maximum atomic E-state index is 12.2. The molecular formula is C20H21ClN2O6. The van der Waals surface area contributed by atoms with E-state index < -0.39 is 24.4 Å². The number of carbonyl (C=O) groups is 3. The highest BCUT2D eigenvalue weighted by Gasteiger charge is 2.18. The SMILES string of the molecule is COc1cc(C(=O)OCC(=O)NNC(=O)c2ccccc2)cc(Cl)c1OC(C)C. The third-order valence-corrected chi connectivity index (χ3v) is 3.79. The number of methoxy groups -OCH3 is 1. The van der Waals surface area contributed by atoms with Crippen LogP contribution in [0.25, 0.3) is 0 Å². The van der Waals surface area contributed by atoms with Crippen molar-refractivity contribution in [3.8, 4) is 11.5 Å². The number of hydrogen-bond donors (Lipinski definition) is 2. The van der Waals surface area contributed by atoms with Gasteiger partial charge in [0.1, 0.15) is 0 Å². The van der Waals surface area contributed by atoms with Gasteiger partial charge in [0.15, 0.2) is 18.1 Å². The van der Waals surface area contributed by atoms with Crippen molar-refractivity contribution in [2.45, 2.75) is 20.0 Å². The molecule has 29 heavy (non-hydrogen) atoms. The monoisotopic (exact) mass is 420 g/mol. The van der Waals surface area contributed by atoms with Gasteiger partial charge in [0, 0.05) is 5.56 Å². The zero-order valence-corrected chi connectivity index (χ0v) is 16.9. The van der Waals surface area contributed by atoms with Gasteiger partial charge < -0.3 is 14.2 Å². The Hall–Kier alpha value is -3.26. The maximum Gasteiger partial charge on any atom is 0.338 e. The number of hydrogen-bond acceptors (Lipinski definition) is 6. The van der Waals surface area contributed by atoms with E-state index in [-0.39, 0.29) is 22.4 Å². The third kappa shape index (κ3) is 6.39. The quantitative estimate of drug-likeness (QED) is 0.527. The average molecular weight is 421 g/mol. The van der Waals surface area contributed by atoms with Crippen molar-refractivity contribution >= 4 is 29.4 Å². The Balaban J connectivity index is 1.92. The first-order valence-electron chi connectivity index (χ1n) is 8.67. The van der Waals surface area contributed by atoms with Gasteiger partial charge in [0.25, 0.3) is 11.8 Å². The minimum absolute atomic E-state index is 0.0871. The molecule has 0 spiro atoms. The first-order valence-corrected chi connectivity index (χ1v) is 9.05. The lowest BCUT2D eigenvalue weighted by atomic mass is 10.2. The number of esters is 1. The van der Waals surface area contributed by atoms with Gasteiger partial charge in [0.2, 0.25) is 0 Å². The summed E-state index contributed by atoms with van der Waals surface area (Å²) in [6.45, 7) is 3.05. The molecule has 2 aromatic carbocycles. The molecule has 0 fully saturated rings. The summed E-state index contributed by atoms with van der Waals surface area (Å²) in [5.74, 6) is -1.42. The predicted molar refractivity (Wildman–Crippen MR) is 106 cm³/mol. The van der Waals surface area contributed by atoms with Crippen LogP contribution in [0.4, 0.5) is 0 Å². The summed E-state index contributed by atoms with van der Waals surface area (Å²) in [6.07, 6.45) is -0.144. The molecule has 0 unspecified atom stereocenters. The third-order valence-electron chi connectivity index (χ3n) is 3.50. The first-order chi connectivity index (χ1) is 13.8. The number of benzene rings is 2. The van der Waals surface area contributed by atoms with Crippen LogP contribution < -0.4 is 20.3 Å². The van der Waals surface area contributed by atoms with Crippen molar-refractivity contribution in [1.29, 1.82) is 0 Å². The molecular weight excluding hydrogens is 400 g/mol. The molecule has 154 valence electrons. The van der Waals surface area contributed by atoms with Crippen LogP contribution in [-0.2, 0) is 9.53 Å². The van der Waals surface area contributed by atoms with Crippen LogP contribution in [0.3, 0.4) is 0 Å². The molecule has 0 saturated heterocycles. The van der Waals surface area contributed by atoms with E-state index in [0.29, 0.717) is 11.3 Å². The molecule has 2 amide bonds. The second-order valence-corrected chi connectivity index (χ2v) is 6.51. The summed E-state index contributed by atoms with van der Waals surface area (Å²) in [5.41, 5.74) is 4.85. The maximum absolute atomic E-state index is 12.2. The minimum Gasteiger partial charge on any atom is -0.493 e. The Morgan fingerprint density at radius 1 is 1.03 bits per heavy atom. The standard InChI is InChI=1S/C20H21ClN2O6/c1-12(2)29-18-15(21)9-14(10-16(18)27-3)20(26)28-11-17(24)22-23-19(25)13-7-5-4-6-8-13/h4-10,12H,11H2,1-3H3,(H,22,24)(H,23,25). The molecule has 2 aromatic rings. The summed E-state index contributed by atoms with van der Waals surface area (Å²) in [6, 6.07) is 11.1. The van der Waals surface area contributed by atoms with E-state index in [2.05, 4.69) is 10.9 Å². The van der Waals surface area contributed by atoms with E-state index in [9.17, 15) is 14.4 Å². The van der Waals surface area contributed by atoms with Gasteiger partial charge in [-0.3, -0.25) is 20.4 Å². The number of rotatable bonds is 7. The van der Waals surface area contributed by atoms with Crippen LogP contribution >= 0.6 is 11.6 Å². The van der Waals surface area contributed by atoms with Gasteiger partial charge >= 0.3 is 5.97 Å². The van der Waals surface area contributed by atoms with Gasteiger partial charge in [-0.2, -0.15) is 0 Å². The summed E-state index contributed by atoms with van der Waals surface area (Å²) in [7, 11) is 1.41. The molecule has 0 aromatic heterocycles. The predicted octanol–water partition coefficient (Wildman–Crippen LogP) is 2.75. The van der Waals surface area contributed by atoms with E-state index in [1.165, 1.54) is 19.2 Å². The van der Waals surface area contributed by atoms with Crippen molar-refractivity contribution in [3.63, 3.8) is 0 Å². The van der Waals surface area contributed by atoms with Crippen molar-refractivity contribution in [2.24, 2.45) is 0 Å². The smallest absolute Gasteiger partial charge is 0.338 e. The second kappa shape index (κ2) is 10.3. The molecule has 0 atom stereocenters. The summed E-state index contributed by atoms with van der Waals surface area (Å²) in [5, 5.41) is 0.171. The van der Waals surface area contributed by atoms with Crippen molar-refractivity contribution in [2.75, 3.05) is 13.7 Å². The number of amides is 2. The Bertz CT molecular complexity index is 886. The van der Waals surface area contributed by atoms with Crippen LogP contribution in [0.1, 0.15) is 34.6 Å². The molecule has 0 heterocycles. The van der Waals surface area contributed by atoms with E-state index >= 15 is 0 Å². The van der Waals surface area contributed by atoms with Crippen LogP contribution in [0, 0.1) is 0 Å². The van der Waals surface area contributed by atoms with Crippen molar-refractivity contribution in [1.82, 2.24) is 10.9 Å². The van der Waals surface area contributed by atoms with Crippen LogP contribution in [0.15, 0.2) is 42.5 Å². The first kappa shape index (κ1) is 22.0. The van der Waals surface area contributed by atoms with E-state index in [1.54, 1.807) is 30.3 Å². The molecule has 8 nitrogen and oxygen atoms in total. The highest BCUT2D eigenvalue weighted by Crippen LogP contribution is 2.37. The van der Waals surface area contributed by atoms with Crippen molar-refractivity contribution < 1.29 is 28.6 Å². The lowest BCUT2D eigenvalue weighted by molar-refractivity contribution is -0.125. The average Bonchev–Trinajstić information content (AvgIpc) is 2.71. The summed E-state index contributed by atoms with van der Waals surface area (Å²) >= 11 is 6.17. The van der Waals surface area contributed by atoms with Gasteiger partial charge in [-0.15, -0.1) is 0 Å². The molecule has 0 aliphatic heterocycles. The van der Waals surface area contributed by atoms with Gasteiger partial charge in [-0.05, 0) is 38.1 Å². The highest BCUT2D eigenvalue weighted by molar-refractivity contribution is 6.32. The summed E-state index contributed by atoms with van der Waals surface area (Å²) in [4.78, 5) is 35.9. The molecule has 0 aliphatic carbocycles. The molecule has 9 heteroatoms. The topological polar surface area (TPSA) is 103 Å². The molecule has 0 aliphatic rings. The van der Waals surface area contributed by atoms with E-state index in [4.69, 9.17) is 25.8 Å². The van der Waals surface area contributed by atoms with Crippen LogP contribution in [0.2, 0.25) is 5.02 Å². The Labute approximate surface area is 173 Å². The zero-order chi connectivity index (χ0) is 21.4. The van der Waals surface area contributed by atoms with Gasteiger partial charge in [0.05, 0.1) is 23.8 Å². The molecule has 0 radical (unpaired) electrons. The van der Waals surface area contributed by atoms with Crippen LogP contribution in [-0.4, -0.2) is 37.6 Å². The fourth-order valence-corrected chi connectivity index (χ4v) is 2.48. The van der Waals surface area contributed by atoms with Crippen LogP contribution in [0.5, 0.6) is 11.5 Å². The van der Waals surface area contributed by atoms with E-state index in [0.717, 1.165) is 0 Å². The Morgan fingerprint density at radius 3 is 2.34 bits per heavy atom. The number of nitrogens with one attached hydrogen (secondary N) is 2. The molecule has 2 N–H and O–H groups in total. The molecule has 2 rings (SSSR count). The Morgan fingerprint density at radius 2 is 1.72 bits per heavy atom. The lowest BCUT2D eigenvalue weighted by Gasteiger charge is -2.16. The normalized spacial score (nSPS) is 10.2. The lowest BCUT2D eigenvalue weighted by Crippen LogP contribution is -2.43. The Kier molecular flexibility index (Phi) is 7.85. The highest BCUT2D eigenvalue weighted by atomic mass is 35.5.